The van der Waals surface area contributed by atoms with E-state index in [2.05, 4.69) is 39.1 Å². The molecular formula is C18H35N. The van der Waals surface area contributed by atoms with Crippen molar-refractivity contribution in [3.8, 4) is 0 Å². The molecule has 0 aromatic heterocycles. The number of rotatable bonds is 9. The minimum absolute atomic E-state index is 0.789. The van der Waals surface area contributed by atoms with E-state index in [9.17, 15) is 0 Å². The maximum absolute atomic E-state index is 3.67. The van der Waals surface area contributed by atoms with Crippen LogP contribution in [0, 0.1) is 17.8 Å². The lowest BCUT2D eigenvalue weighted by molar-refractivity contribution is 0.379. The molecule has 2 unspecified atom stereocenters. The summed E-state index contributed by atoms with van der Waals surface area (Å²) in [4.78, 5) is 0. The second kappa shape index (κ2) is 9.58. The molecule has 0 saturated heterocycles. The fraction of sp³-hybridized carbons (Fsp3) is 0.889. The van der Waals surface area contributed by atoms with Crippen molar-refractivity contribution < 1.29 is 0 Å². The van der Waals surface area contributed by atoms with Crippen LogP contribution in [-0.2, 0) is 0 Å². The van der Waals surface area contributed by atoms with E-state index in [4.69, 9.17) is 0 Å². The van der Waals surface area contributed by atoms with Gasteiger partial charge in [-0.3, -0.25) is 0 Å². The van der Waals surface area contributed by atoms with Gasteiger partial charge in [0.25, 0.3) is 0 Å². The third-order valence-electron chi connectivity index (χ3n) is 4.20. The minimum Gasteiger partial charge on any atom is -0.316 e. The van der Waals surface area contributed by atoms with Crippen LogP contribution in [-0.4, -0.2) is 13.1 Å². The number of hydrogen-bond donors (Lipinski definition) is 1. The van der Waals surface area contributed by atoms with Crippen molar-refractivity contribution in [2.75, 3.05) is 13.1 Å². The Morgan fingerprint density at radius 3 is 2.63 bits per heavy atom. The van der Waals surface area contributed by atoms with Gasteiger partial charge in [0.2, 0.25) is 0 Å². The quantitative estimate of drug-likeness (QED) is 0.448. The van der Waals surface area contributed by atoms with Crippen molar-refractivity contribution in [2.24, 2.45) is 17.8 Å². The lowest BCUT2D eigenvalue weighted by atomic mass is 9.84. The molecule has 0 saturated carbocycles. The van der Waals surface area contributed by atoms with Gasteiger partial charge in [-0.1, -0.05) is 58.1 Å². The van der Waals surface area contributed by atoms with Gasteiger partial charge >= 0.3 is 0 Å². The maximum atomic E-state index is 3.67. The summed E-state index contributed by atoms with van der Waals surface area (Å²) in [5.74, 6) is 2.54. The molecule has 1 heteroatoms. The van der Waals surface area contributed by atoms with Gasteiger partial charge in [-0.05, 0) is 57.0 Å². The molecule has 0 aromatic carbocycles. The molecule has 1 rings (SSSR count). The highest BCUT2D eigenvalue weighted by Gasteiger charge is 2.17. The van der Waals surface area contributed by atoms with Crippen LogP contribution in [0.4, 0.5) is 0 Å². The van der Waals surface area contributed by atoms with Gasteiger partial charge in [-0.2, -0.15) is 0 Å². The van der Waals surface area contributed by atoms with Gasteiger partial charge in [0.1, 0.15) is 0 Å². The molecule has 0 fully saturated rings. The largest absolute Gasteiger partial charge is 0.316 e. The molecule has 2 atom stereocenters. The minimum atomic E-state index is 0.789. The van der Waals surface area contributed by atoms with Crippen LogP contribution < -0.4 is 5.32 Å². The second-order valence-electron chi connectivity index (χ2n) is 7.10. The number of hydrogen-bond acceptors (Lipinski definition) is 1. The van der Waals surface area contributed by atoms with Crippen molar-refractivity contribution in [3.05, 3.63) is 11.6 Å². The van der Waals surface area contributed by atoms with Gasteiger partial charge in [0.05, 0.1) is 0 Å². The Morgan fingerprint density at radius 2 is 1.95 bits per heavy atom. The van der Waals surface area contributed by atoms with E-state index < -0.39 is 0 Å². The van der Waals surface area contributed by atoms with Crippen LogP contribution in [0.25, 0.3) is 0 Å². The van der Waals surface area contributed by atoms with Crippen molar-refractivity contribution in [1.29, 1.82) is 0 Å². The third-order valence-corrected chi connectivity index (χ3v) is 4.20. The highest BCUT2D eigenvalue weighted by molar-refractivity contribution is 5.06. The smallest absolute Gasteiger partial charge is 0.00172 e. The van der Waals surface area contributed by atoms with Crippen LogP contribution >= 0.6 is 0 Å². The summed E-state index contributed by atoms with van der Waals surface area (Å²) in [5.41, 5.74) is 1.60. The van der Waals surface area contributed by atoms with E-state index in [-0.39, 0.29) is 0 Å². The van der Waals surface area contributed by atoms with Crippen molar-refractivity contribution in [3.63, 3.8) is 0 Å². The molecule has 0 amide bonds. The molecule has 0 spiro atoms. The van der Waals surface area contributed by atoms with E-state index in [1.165, 1.54) is 58.0 Å². The lowest BCUT2D eigenvalue weighted by Gasteiger charge is -2.25. The van der Waals surface area contributed by atoms with Crippen LogP contribution in [0.1, 0.15) is 72.6 Å². The van der Waals surface area contributed by atoms with E-state index in [0.29, 0.717) is 0 Å². The van der Waals surface area contributed by atoms with Crippen LogP contribution in [0.15, 0.2) is 11.6 Å². The van der Waals surface area contributed by atoms with Crippen molar-refractivity contribution >= 4 is 0 Å². The summed E-state index contributed by atoms with van der Waals surface area (Å²) in [6.45, 7) is 11.7. The number of nitrogens with one attached hydrogen (secondary N) is 1. The van der Waals surface area contributed by atoms with Crippen LogP contribution in [0.5, 0.6) is 0 Å². The van der Waals surface area contributed by atoms with Gasteiger partial charge in [-0.25, -0.2) is 0 Å². The topological polar surface area (TPSA) is 12.0 Å². The highest BCUT2D eigenvalue weighted by Crippen LogP contribution is 2.27. The summed E-state index contributed by atoms with van der Waals surface area (Å²) < 4.78 is 0. The molecule has 0 aliphatic heterocycles. The predicted molar refractivity (Wildman–Crippen MR) is 86.4 cm³/mol. The second-order valence-corrected chi connectivity index (χ2v) is 7.10. The lowest BCUT2D eigenvalue weighted by Crippen LogP contribution is -2.26. The first-order valence-corrected chi connectivity index (χ1v) is 8.46. The van der Waals surface area contributed by atoms with E-state index >= 15 is 0 Å². The Bertz CT molecular complexity index is 254. The zero-order valence-corrected chi connectivity index (χ0v) is 13.7. The van der Waals surface area contributed by atoms with Crippen molar-refractivity contribution in [1.82, 2.24) is 5.32 Å². The van der Waals surface area contributed by atoms with Gasteiger partial charge in [0, 0.05) is 0 Å². The molecular weight excluding hydrogens is 230 g/mol. The Hall–Kier alpha value is -0.300. The summed E-state index contributed by atoms with van der Waals surface area (Å²) in [6.07, 6.45) is 12.1. The molecule has 112 valence electrons. The fourth-order valence-corrected chi connectivity index (χ4v) is 3.30. The molecule has 0 heterocycles. The summed E-state index contributed by atoms with van der Waals surface area (Å²) >= 11 is 0. The zero-order valence-electron chi connectivity index (χ0n) is 13.7. The molecule has 0 bridgehead atoms. The maximum Gasteiger partial charge on any atom is -0.00172 e. The first kappa shape index (κ1) is 16.8. The fourth-order valence-electron chi connectivity index (χ4n) is 3.30. The third kappa shape index (κ3) is 8.47. The van der Waals surface area contributed by atoms with Crippen LogP contribution in [0.2, 0.25) is 0 Å². The van der Waals surface area contributed by atoms with Crippen molar-refractivity contribution in [2.45, 2.75) is 72.6 Å². The average Bonchev–Trinajstić information content (AvgIpc) is 2.31. The summed E-state index contributed by atoms with van der Waals surface area (Å²) in [7, 11) is 0. The van der Waals surface area contributed by atoms with E-state index in [1.54, 1.807) is 5.57 Å². The number of unbranched alkanes of at least 4 members (excludes halogenated alkanes) is 3. The normalized spacial score (nSPS) is 23.7. The molecule has 19 heavy (non-hydrogen) atoms. The van der Waals surface area contributed by atoms with Gasteiger partial charge in [-0.15, -0.1) is 0 Å². The zero-order chi connectivity index (χ0) is 14.1. The van der Waals surface area contributed by atoms with Gasteiger partial charge < -0.3 is 5.32 Å². The Morgan fingerprint density at radius 1 is 1.21 bits per heavy atom. The molecule has 0 radical (unpaired) electrons. The molecule has 0 aromatic rings. The Balaban J connectivity index is 1.92. The molecule has 1 N–H and O–H groups in total. The van der Waals surface area contributed by atoms with Gasteiger partial charge in [0.15, 0.2) is 0 Å². The van der Waals surface area contributed by atoms with Crippen LogP contribution in [0.3, 0.4) is 0 Å². The van der Waals surface area contributed by atoms with E-state index in [1.807, 2.05) is 0 Å². The molecule has 1 aliphatic rings. The average molecular weight is 265 g/mol. The molecule has 1 nitrogen and oxygen atoms in total. The first-order valence-electron chi connectivity index (χ1n) is 8.46. The predicted octanol–water partition coefficient (Wildman–Crippen LogP) is 5.17. The SMILES string of the molecule is CC1=CC(C)CC(CNCCCCCCC(C)C)C1. The standard InChI is InChI=1S/C18H35N/c1-15(2)9-7-5-6-8-10-19-14-18-12-16(3)11-17(4)13-18/h11,15-16,18-19H,5-10,12-14H2,1-4H3. The Labute approximate surface area is 121 Å². The number of allylic oxidation sites excluding steroid dienone is 2. The monoisotopic (exact) mass is 265 g/mol. The highest BCUT2D eigenvalue weighted by atomic mass is 14.9. The van der Waals surface area contributed by atoms with E-state index in [0.717, 1.165) is 17.8 Å². The molecule has 1 aliphatic carbocycles. The summed E-state index contributed by atoms with van der Waals surface area (Å²) in [5, 5.41) is 3.67. The Kier molecular flexibility index (Phi) is 8.45. The first-order chi connectivity index (χ1) is 9.08. The summed E-state index contributed by atoms with van der Waals surface area (Å²) in [6, 6.07) is 0.